The fourth-order valence-electron chi connectivity index (χ4n) is 1.89. The van der Waals surface area contributed by atoms with Gasteiger partial charge in [-0.25, -0.2) is 4.98 Å². The molecule has 0 radical (unpaired) electrons. The Hall–Kier alpha value is -3.36. The molecule has 2 N–H and O–H groups in total. The van der Waals surface area contributed by atoms with Gasteiger partial charge in [-0.1, -0.05) is 0 Å². The molecule has 0 aliphatic heterocycles. The van der Waals surface area contributed by atoms with Crippen molar-refractivity contribution in [2.45, 2.75) is 13.1 Å². The van der Waals surface area contributed by atoms with Gasteiger partial charge in [-0.15, -0.1) is 0 Å². The standard InChI is InChI=1S/C14H13N5O4/c20-19(21)12-9-17-14(16-8-11-4-2-6-23-11)18-13(12)15-7-10-3-1-5-22-10/h1-6,9H,7-8H2,(H2,15,16,17,18). The first kappa shape index (κ1) is 14.6. The Balaban J connectivity index is 1.73. The summed E-state index contributed by atoms with van der Waals surface area (Å²) in [4.78, 5) is 18.6. The van der Waals surface area contributed by atoms with Crippen LogP contribution in [-0.4, -0.2) is 14.9 Å². The molecule has 0 bridgehead atoms. The van der Waals surface area contributed by atoms with Crippen molar-refractivity contribution in [2.24, 2.45) is 0 Å². The van der Waals surface area contributed by atoms with Crippen LogP contribution in [0.15, 0.2) is 51.8 Å². The molecule has 3 aromatic heterocycles. The zero-order valence-electron chi connectivity index (χ0n) is 11.9. The number of anilines is 2. The van der Waals surface area contributed by atoms with Gasteiger partial charge in [0.2, 0.25) is 11.8 Å². The number of aromatic nitrogens is 2. The van der Waals surface area contributed by atoms with Crippen LogP contribution in [0.5, 0.6) is 0 Å². The molecule has 0 unspecified atom stereocenters. The maximum absolute atomic E-state index is 11.1. The minimum Gasteiger partial charge on any atom is -0.467 e. The van der Waals surface area contributed by atoms with Crippen LogP contribution in [0.2, 0.25) is 0 Å². The van der Waals surface area contributed by atoms with Crippen molar-refractivity contribution < 1.29 is 13.8 Å². The predicted molar refractivity (Wildman–Crippen MR) is 80.8 cm³/mol. The second-order valence-corrected chi connectivity index (χ2v) is 4.55. The summed E-state index contributed by atoms with van der Waals surface area (Å²) >= 11 is 0. The van der Waals surface area contributed by atoms with Gasteiger partial charge in [-0.3, -0.25) is 10.1 Å². The number of rotatable bonds is 7. The van der Waals surface area contributed by atoms with Crippen LogP contribution < -0.4 is 10.6 Å². The topological polar surface area (TPSA) is 119 Å². The Morgan fingerprint density at radius 3 is 2.30 bits per heavy atom. The largest absolute Gasteiger partial charge is 0.467 e. The van der Waals surface area contributed by atoms with Crippen molar-refractivity contribution >= 4 is 17.5 Å². The lowest BCUT2D eigenvalue weighted by molar-refractivity contribution is -0.384. The molecular weight excluding hydrogens is 302 g/mol. The Kier molecular flexibility index (Phi) is 4.18. The quantitative estimate of drug-likeness (QED) is 0.504. The van der Waals surface area contributed by atoms with Crippen LogP contribution in [-0.2, 0) is 13.1 Å². The fraction of sp³-hybridized carbons (Fsp3) is 0.143. The van der Waals surface area contributed by atoms with Gasteiger partial charge < -0.3 is 19.5 Å². The molecule has 3 heterocycles. The molecule has 0 aliphatic carbocycles. The molecule has 0 fully saturated rings. The van der Waals surface area contributed by atoms with Gasteiger partial charge in [0.05, 0.1) is 30.5 Å². The van der Waals surface area contributed by atoms with Gasteiger partial charge in [-0.2, -0.15) is 4.98 Å². The van der Waals surface area contributed by atoms with E-state index in [1.807, 2.05) is 0 Å². The summed E-state index contributed by atoms with van der Waals surface area (Å²) in [6, 6.07) is 7.07. The second-order valence-electron chi connectivity index (χ2n) is 4.55. The molecule has 0 aromatic carbocycles. The van der Waals surface area contributed by atoms with E-state index in [4.69, 9.17) is 8.83 Å². The highest BCUT2D eigenvalue weighted by molar-refractivity contribution is 5.56. The third kappa shape index (κ3) is 3.64. The summed E-state index contributed by atoms with van der Waals surface area (Å²) in [7, 11) is 0. The molecule has 0 saturated carbocycles. The average Bonchev–Trinajstić information content (AvgIpc) is 3.24. The Morgan fingerprint density at radius 1 is 1.09 bits per heavy atom. The van der Waals surface area contributed by atoms with Crippen molar-refractivity contribution in [3.8, 4) is 0 Å². The maximum Gasteiger partial charge on any atom is 0.329 e. The molecule has 0 amide bonds. The van der Waals surface area contributed by atoms with Crippen LogP contribution in [0.3, 0.4) is 0 Å². The Labute approximate surface area is 130 Å². The maximum atomic E-state index is 11.1. The van der Waals surface area contributed by atoms with Crippen LogP contribution >= 0.6 is 0 Å². The molecule has 0 aliphatic rings. The van der Waals surface area contributed by atoms with Crippen LogP contribution in [0.25, 0.3) is 0 Å². The zero-order valence-corrected chi connectivity index (χ0v) is 11.9. The Bertz CT molecular complexity index is 771. The highest BCUT2D eigenvalue weighted by Gasteiger charge is 2.17. The van der Waals surface area contributed by atoms with Gasteiger partial charge in [-0.05, 0) is 24.3 Å². The van der Waals surface area contributed by atoms with Crippen molar-refractivity contribution in [1.82, 2.24) is 9.97 Å². The van der Waals surface area contributed by atoms with E-state index in [1.54, 1.807) is 30.5 Å². The van der Waals surface area contributed by atoms with E-state index in [0.717, 1.165) is 6.20 Å². The van der Waals surface area contributed by atoms with Crippen molar-refractivity contribution in [3.63, 3.8) is 0 Å². The van der Waals surface area contributed by atoms with E-state index in [9.17, 15) is 10.1 Å². The normalized spacial score (nSPS) is 10.4. The summed E-state index contributed by atoms with van der Waals surface area (Å²) in [6.07, 6.45) is 4.24. The number of furan rings is 2. The summed E-state index contributed by atoms with van der Waals surface area (Å²) < 4.78 is 10.4. The van der Waals surface area contributed by atoms with Gasteiger partial charge in [0, 0.05) is 0 Å². The zero-order chi connectivity index (χ0) is 16.1. The molecule has 0 spiro atoms. The number of hydrogen-bond acceptors (Lipinski definition) is 8. The molecule has 0 saturated heterocycles. The van der Waals surface area contributed by atoms with E-state index in [0.29, 0.717) is 18.1 Å². The molecule has 23 heavy (non-hydrogen) atoms. The Morgan fingerprint density at radius 2 is 1.74 bits per heavy atom. The van der Waals surface area contributed by atoms with Crippen LogP contribution in [0.4, 0.5) is 17.5 Å². The fourth-order valence-corrected chi connectivity index (χ4v) is 1.89. The monoisotopic (exact) mass is 315 g/mol. The van der Waals surface area contributed by atoms with Gasteiger partial charge >= 0.3 is 5.69 Å². The van der Waals surface area contributed by atoms with Crippen molar-refractivity contribution in [1.29, 1.82) is 0 Å². The molecule has 3 aromatic rings. The van der Waals surface area contributed by atoms with Crippen LogP contribution in [0.1, 0.15) is 11.5 Å². The summed E-state index contributed by atoms with van der Waals surface area (Å²) in [5.74, 6) is 1.72. The molecule has 118 valence electrons. The highest BCUT2D eigenvalue weighted by Crippen LogP contribution is 2.23. The van der Waals surface area contributed by atoms with E-state index in [2.05, 4.69) is 20.6 Å². The highest BCUT2D eigenvalue weighted by atomic mass is 16.6. The van der Waals surface area contributed by atoms with E-state index in [-0.39, 0.29) is 24.0 Å². The third-order valence-electron chi connectivity index (χ3n) is 2.98. The first-order valence-corrected chi connectivity index (χ1v) is 6.76. The van der Waals surface area contributed by atoms with E-state index >= 15 is 0 Å². The van der Waals surface area contributed by atoms with E-state index < -0.39 is 4.92 Å². The minimum absolute atomic E-state index is 0.114. The average molecular weight is 315 g/mol. The van der Waals surface area contributed by atoms with Gasteiger partial charge in [0.25, 0.3) is 0 Å². The van der Waals surface area contributed by atoms with Gasteiger partial charge in [0.15, 0.2) is 0 Å². The summed E-state index contributed by atoms with van der Waals surface area (Å²) in [6.45, 7) is 0.658. The lowest BCUT2D eigenvalue weighted by Crippen LogP contribution is -2.09. The van der Waals surface area contributed by atoms with Crippen molar-refractivity contribution in [2.75, 3.05) is 10.6 Å². The molecule has 3 rings (SSSR count). The second kappa shape index (κ2) is 6.60. The first-order valence-electron chi connectivity index (χ1n) is 6.76. The van der Waals surface area contributed by atoms with E-state index in [1.165, 1.54) is 6.26 Å². The molecule has 0 atom stereocenters. The van der Waals surface area contributed by atoms with Crippen LogP contribution in [0, 0.1) is 10.1 Å². The third-order valence-corrected chi connectivity index (χ3v) is 2.98. The SMILES string of the molecule is O=[N+]([O-])c1cnc(NCc2ccco2)nc1NCc1ccco1. The summed E-state index contributed by atoms with van der Waals surface area (Å²) in [5.41, 5.74) is -0.208. The molecule has 9 heteroatoms. The number of hydrogen-bond donors (Lipinski definition) is 2. The minimum atomic E-state index is -0.541. The smallest absolute Gasteiger partial charge is 0.329 e. The van der Waals surface area contributed by atoms with Gasteiger partial charge in [0.1, 0.15) is 17.7 Å². The molecular formula is C14H13N5O4. The lowest BCUT2D eigenvalue weighted by Gasteiger charge is -2.07. The predicted octanol–water partition coefficient (Wildman–Crippen LogP) is 2.80. The first-order chi connectivity index (χ1) is 11.2. The number of nitro groups is 1. The number of nitrogens with one attached hydrogen (secondary N) is 2. The summed E-state index contributed by atoms with van der Waals surface area (Å²) in [5, 5.41) is 16.9. The van der Waals surface area contributed by atoms with Crippen molar-refractivity contribution in [3.05, 3.63) is 64.6 Å². The lowest BCUT2D eigenvalue weighted by atomic mass is 10.4. The molecule has 9 nitrogen and oxygen atoms in total. The number of nitrogens with zero attached hydrogens (tertiary/aromatic N) is 3.